The minimum Gasteiger partial charge on any atom is -0.493 e. The van der Waals surface area contributed by atoms with E-state index in [0.29, 0.717) is 29.5 Å². The number of anilines is 2. The highest BCUT2D eigenvalue weighted by molar-refractivity contribution is 6.05. The molecule has 3 rings (SSSR count). The van der Waals surface area contributed by atoms with Crippen molar-refractivity contribution in [2.24, 2.45) is 0 Å². The third-order valence-corrected chi connectivity index (χ3v) is 4.15. The van der Waals surface area contributed by atoms with Gasteiger partial charge in [0.15, 0.2) is 18.1 Å². The quantitative estimate of drug-likeness (QED) is 0.558. The molecule has 0 spiro atoms. The van der Waals surface area contributed by atoms with Crippen molar-refractivity contribution in [2.45, 2.75) is 6.92 Å². The van der Waals surface area contributed by atoms with Gasteiger partial charge in [0.05, 0.1) is 24.3 Å². The van der Waals surface area contributed by atoms with E-state index >= 15 is 0 Å². The maximum Gasteiger partial charge on any atom is 0.271 e. The highest BCUT2D eigenvalue weighted by atomic mass is 16.6. The summed E-state index contributed by atoms with van der Waals surface area (Å²) in [5.41, 5.74) is 0.425. The number of amides is 2. The van der Waals surface area contributed by atoms with Crippen molar-refractivity contribution in [3.05, 3.63) is 46.5 Å². The maximum atomic E-state index is 12.5. The lowest BCUT2D eigenvalue weighted by molar-refractivity contribution is -0.384. The van der Waals surface area contributed by atoms with Gasteiger partial charge in [-0.1, -0.05) is 0 Å². The molecular weight excluding hydrogens is 382 g/mol. The smallest absolute Gasteiger partial charge is 0.271 e. The van der Waals surface area contributed by atoms with Crippen molar-refractivity contribution in [3.8, 4) is 17.2 Å². The number of nitro benzene ring substituents is 1. The molecule has 29 heavy (non-hydrogen) atoms. The minimum absolute atomic E-state index is 0.176. The molecule has 10 nitrogen and oxygen atoms in total. The van der Waals surface area contributed by atoms with Crippen LogP contribution in [0, 0.1) is 10.1 Å². The minimum atomic E-state index is -0.580. The summed E-state index contributed by atoms with van der Waals surface area (Å²) in [6, 6.07) is 8.80. The number of non-ortho nitro benzene ring substituents is 1. The Kier molecular flexibility index (Phi) is 5.82. The van der Waals surface area contributed by atoms with E-state index in [1.54, 1.807) is 18.2 Å². The predicted molar refractivity (Wildman–Crippen MR) is 104 cm³/mol. The van der Waals surface area contributed by atoms with Crippen LogP contribution in [0.25, 0.3) is 0 Å². The van der Waals surface area contributed by atoms with Crippen LogP contribution in [0.1, 0.15) is 6.92 Å². The van der Waals surface area contributed by atoms with Gasteiger partial charge in [-0.2, -0.15) is 0 Å². The number of nitrogens with one attached hydrogen (secondary N) is 1. The average Bonchev–Trinajstić information content (AvgIpc) is 2.71. The Morgan fingerprint density at radius 3 is 2.76 bits per heavy atom. The van der Waals surface area contributed by atoms with Crippen molar-refractivity contribution in [2.75, 3.05) is 37.1 Å². The van der Waals surface area contributed by atoms with Gasteiger partial charge in [0.25, 0.3) is 11.6 Å². The number of rotatable bonds is 7. The van der Waals surface area contributed by atoms with Crippen molar-refractivity contribution in [3.63, 3.8) is 0 Å². The number of nitrogens with zero attached hydrogens (tertiary/aromatic N) is 2. The van der Waals surface area contributed by atoms with Crippen LogP contribution < -0.4 is 24.4 Å². The number of nitro groups is 1. The van der Waals surface area contributed by atoms with E-state index in [9.17, 15) is 19.7 Å². The molecule has 0 saturated heterocycles. The number of ether oxygens (including phenoxy) is 3. The molecule has 1 heterocycles. The zero-order valence-electron chi connectivity index (χ0n) is 15.8. The number of methoxy groups -OCH3 is 1. The molecule has 0 unspecified atom stereocenters. The average molecular weight is 401 g/mol. The lowest BCUT2D eigenvalue weighted by Crippen LogP contribution is -2.43. The van der Waals surface area contributed by atoms with Gasteiger partial charge in [-0.15, -0.1) is 0 Å². The molecule has 1 aliphatic rings. The molecule has 2 aromatic carbocycles. The third-order valence-electron chi connectivity index (χ3n) is 4.15. The van der Waals surface area contributed by atoms with Crippen molar-refractivity contribution >= 4 is 28.9 Å². The van der Waals surface area contributed by atoms with Gasteiger partial charge < -0.3 is 19.5 Å². The van der Waals surface area contributed by atoms with Crippen LogP contribution >= 0.6 is 0 Å². The first-order chi connectivity index (χ1) is 13.9. The Balaban J connectivity index is 1.78. The molecule has 2 amide bonds. The number of hydrogen-bond acceptors (Lipinski definition) is 7. The first kappa shape index (κ1) is 19.9. The molecule has 0 atom stereocenters. The molecule has 10 heteroatoms. The van der Waals surface area contributed by atoms with Crippen molar-refractivity contribution < 1.29 is 28.7 Å². The second-order valence-electron chi connectivity index (χ2n) is 6.02. The second kappa shape index (κ2) is 8.46. The molecule has 1 aliphatic heterocycles. The molecule has 0 aliphatic carbocycles. The number of hydrogen-bond donors (Lipinski definition) is 1. The number of benzene rings is 2. The molecule has 1 N–H and O–H groups in total. The SMILES string of the molecule is CCOc1ccc(NC(=O)CN2C(=O)COc3ccc([N+](=O)[O-])cc32)cc1OC. The van der Waals surface area contributed by atoms with Gasteiger partial charge in [-0.25, -0.2) is 0 Å². The second-order valence-corrected chi connectivity index (χ2v) is 6.02. The van der Waals surface area contributed by atoms with Gasteiger partial charge in [0.2, 0.25) is 5.91 Å². The summed E-state index contributed by atoms with van der Waals surface area (Å²) in [5.74, 6) is 0.331. The Hall–Kier alpha value is -3.82. The first-order valence-electron chi connectivity index (χ1n) is 8.75. The fourth-order valence-corrected chi connectivity index (χ4v) is 2.84. The van der Waals surface area contributed by atoms with Crippen LogP contribution in [0.4, 0.5) is 17.1 Å². The van der Waals surface area contributed by atoms with Crippen LogP contribution in [-0.4, -0.2) is 43.6 Å². The molecule has 152 valence electrons. The fourth-order valence-electron chi connectivity index (χ4n) is 2.84. The van der Waals surface area contributed by atoms with Crippen LogP contribution in [0.15, 0.2) is 36.4 Å². The van der Waals surface area contributed by atoms with Crippen molar-refractivity contribution in [1.29, 1.82) is 0 Å². The Bertz CT molecular complexity index is 961. The zero-order valence-corrected chi connectivity index (χ0v) is 15.8. The Morgan fingerprint density at radius 1 is 1.28 bits per heavy atom. The van der Waals surface area contributed by atoms with E-state index in [1.807, 2.05) is 6.92 Å². The molecule has 0 saturated carbocycles. The largest absolute Gasteiger partial charge is 0.493 e. The predicted octanol–water partition coefficient (Wildman–Crippen LogP) is 2.37. The van der Waals surface area contributed by atoms with Gasteiger partial charge in [-0.05, 0) is 25.1 Å². The standard InChI is InChI=1S/C19H19N3O7/c1-3-28-16-6-4-12(8-17(16)27-2)20-18(23)10-21-14-9-13(22(25)26)5-7-15(14)29-11-19(21)24/h4-9H,3,10-11H2,1-2H3,(H,20,23). The van der Waals surface area contributed by atoms with Crippen LogP contribution in [0.5, 0.6) is 17.2 Å². The summed E-state index contributed by atoms with van der Waals surface area (Å²) in [6.45, 7) is 1.73. The maximum absolute atomic E-state index is 12.5. The number of carbonyl (C=O) groups is 2. The van der Waals surface area contributed by atoms with Gasteiger partial charge in [0.1, 0.15) is 12.3 Å². The van der Waals surface area contributed by atoms with E-state index in [4.69, 9.17) is 14.2 Å². The molecule has 0 fully saturated rings. The fraction of sp³-hybridized carbons (Fsp3) is 0.263. The molecular formula is C19H19N3O7. The van der Waals surface area contributed by atoms with Crippen LogP contribution in [0.3, 0.4) is 0 Å². The van der Waals surface area contributed by atoms with E-state index in [0.717, 1.165) is 4.90 Å². The zero-order chi connectivity index (χ0) is 21.0. The topological polar surface area (TPSA) is 120 Å². The summed E-state index contributed by atoms with van der Waals surface area (Å²) in [7, 11) is 1.49. The van der Waals surface area contributed by atoms with E-state index in [1.165, 1.54) is 25.3 Å². The monoisotopic (exact) mass is 401 g/mol. The third kappa shape index (κ3) is 4.37. The van der Waals surface area contributed by atoms with E-state index in [-0.39, 0.29) is 24.5 Å². The van der Waals surface area contributed by atoms with Crippen molar-refractivity contribution in [1.82, 2.24) is 0 Å². The molecule has 0 bridgehead atoms. The summed E-state index contributed by atoms with van der Waals surface area (Å²) >= 11 is 0. The Labute approximate surface area is 166 Å². The first-order valence-corrected chi connectivity index (χ1v) is 8.75. The normalized spacial score (nSPS) is 12.6. The summed E-state index contributed by atoms with van der Waals surface area (Å²) in [6.07, 6.45) is 0. The summed E-state index contributed by atoms with van der Waals surface area (Å²) in [4.78, 5) is 36.4. The summed E-state index contributed by atoms with van der Waals surface area (Å²) in [5, 5.41) is 13.7. The van der Waals surface area contributed by atoms with Crippen LogP contribution in [-0.2, 0) is 9.59 Å². The molecule has 0 aromatic heterocycles. The Morgan fingerprint density at radius 2 is 2.07 bits per heavy atom. The number of fused-ring (bicyclic) bond motifs is 1. The summed E-state index contributed by atoms with van der Waals surface area (Å²) < 4.78 is 16.0. The highest BCUT2D eigenvalue weighted by Crippen LogP contribution is 2.35. The van der Waals surface area contributed by atoms with E-state index in [2.05, 4.69) is 5.32 Å². The molecule has 2 aromatic rings. The number of carbonyl (C=O) groups excluding carboxylic acids is 2. The van der Waals surface area contributed by atoms with Gasteiger partial charge in [-0.3, -0.25) is 24.6 Å². The molecule has 0 radical (unpaired) electrons. The van der Waals surface area contributed by atoms with Gasteiger partial charge in [0, 0.05) is 23.9 Å². The lowest BCUT2D eigenvalue weighted by atomic mass is 10.2. The van der Waals surface area contributed by atoms with E-state index < -0.39 is 16.7 Å². The van der Waals surface area contributed by atoms with Crippen LogP contribution in [0.2, 0.25) is 0 Å². The van der Waals surface area contributed by atoms with Gasteiger partial charge >= 0.3 is 0 Å². The lowest BCUT2D eigenvalue weighted by Gasteiger charge is -2.28. The highest BCUT2D eigenvalue weighted by Gasteiger charge is 2.29.